The van der Waals surface area contributed by atoms with Crippen LogP contribution in [0.3, 0.4) is 0 Å². The Labute approximate surface area is 192 Å². The lowest BCUT2D eigenvalue weighted by Gasteiger charge is -2.14. The van der Waals surface area contributed by atoms with Crippen LogP contribution in [0.25, 0.3) is 11.1 Å². The molecule has 0 radical (unpaired) electrons. The normalized spacial score (nSPS) is 10.7. The number of nitrogens with zero attached hydrogens (tertiary/aromatic N) is 1. The van der Waals surface area contributed by atoms with Crippen molar-refractivity contribution in [1.82, 2.24) is 4.98 Å². The van der Waals surface area contributed by atoms with Crippen molar-refractivity contribution in [2.24, 2.45) is 0 Å². The number of rotatable bonds is 13. The first-order valence-corrected chi connectivity index (χ1v) is 10.3. The molecular weight excluding hydrogens is 442 g/mol. The molecule has 8 nitrogen and oxygen atoms in total. The number of pyridine rings is 1. The summed E-state index contributed by atoms with van der Waals surface area (Å²) in [5.41, 5.74) is 2.45. The van der Waals surface area contributed by atoms with Crippen LogP contribution in [0.1, 0.15) is 26.5 Å². The smallest absolute Gasteiger partial charge is 0.356 e. The maximum absolute atomic E-state index is 11.9. The number of hydrogen-bond acceptors (Lipinski definition) is 10. The minimum Gasteiger partial charge on any atom is -0.491 e. The Morgan fingerprint density at radius 1 is 1.03 bits per heavy atom. The molecule has 1 aromatic carbocycles. The molecule has 0 spiro atoms. The van der Waals surface area contributed by atoms with Crippen molar-refractivity contribution in [2.45, 2.75) is 11.8 Å². The van der Waals surface area contributed by atoms with E-state index < -0.39 is 5.97 Å². The Bertz CT molecular complexity index is 869. The molecule has 0 aliphatic rings. The van der Waals surface area contributed by atoms with Gasteiger partial charge in [0.25, 0.3) is 0 Å². The zero-order valence-electron chi connectivity index (χ0n) is 17.3. The molecule has 0 unspecified atom stereocenters. The number of ether oxygens (including phenoxy) is 4. The first-order chi connectivity index (χ1) is 15.0. The van der Waals surface area contributed by atoms with E-state index in [0.717, 1.165) is 11.1 Å². The Hall–Kier alpha value is -2.11. The summed E-state index contributed by atoms with van der Waals surface area (Å²) in [5.74, 6) is 0.0126. The lowest BCUT2D eigenvalue weighted by Crippen LogP contribution is -2.12. The van der Waals surface area contributed by atoms with E-state index in [2.05, 4.69) is 34.7 Å². The Morgan fingerprint density at radius 3 is 2.32 bits per heavy atom. The van der Waals surface area contributed by atoms with Gasteiger partial charge >= 0.3 is 5.97 Å². The highest BCUT2D eigenvalue weighted by Gasteiger charge is 2.15. The van der Waals surface area contributed by atoms with Crippen LogP contribution in [0.15, 0.2) is 29.2 Å². The third-order valence-corrected chi connectivity index (χ3v) is 4.66. The maximum atomic E-state index is 11.9. The van der Waals surface area contributed by atoms with E-state index in [1.807, 2.05) is 13.0 Å². The molecule has 0 atom stereocenters. The first kappa shape index (κ1) is 25.2. The largest absolute Gasteiger partial charge is 0.491 e. The minimum absolute atomic E-state index is 0.0498. The maximum Gasteiger partial charge on any atom is 0.356 e. The molecule has 0 amide bonds. The third kappa shape index (κ3) is 7.82. The molecule has 2 rings (SSSR count). The van der Waals surface area contributed by atoms with Gasteiger partial charge < -0.3 is 23.1 Å². The number of carbonyl (C=O) groups is 2. The molecule has 2 aromatic rings. The van der Waals surface area contributed by atoms with Gasteiger partial charge in [-0.25, -0.2) is 9.78 Å². The molecule has 1 heterocycles. The highest BCUT2D eigenvalue weighted by molar-refractivity contribution is 7.80. The summed E-state index contributed by atoms with van der Waals surface area (Å²) in [5, 5.41) is 0. The number of carbonyl (C=O) groups excluding carboxylic acids is 2. The van der Waals surface area contributed by atoms with Gasteiger partial charge in [-0.1, -0.05) is 0 Å². The van der Waals surface area contributed by atoms with Crippen LogP contribution in [0.4, 0.5) is 0 Å². The molecule has 0 saturated carbocycles. The van der Waals surface area contributed by atoms with Gasteiger partial charge in [-0.05, 0) is 60.8 Å². The topological polar surface area (TPSA) is 93.2 Å². The number of aromatic nitrogens is 1. The molecule has 31 heavy (non-hydrogen) atoms. The number of aldehydes is 1. The quantitative estimate of drug-likeness (QED) is 0.153. The molecule has 0 bridgehead atoms. The molecule has 0 aliphatic carbocycles. The van der Waals surface area contributed by atoms with Gasteiger partial charge in [0.05, 0.1) is 40.1 Å². The molecule has 0 fully saturated rings. The fourth-order valence-corrected chi connectivity index (χ4v) is 3.30. The zero-order chi connectivity index (χ0) is 22.6. The molecule has 0 aliphatic heterocycles. The van der Waals surface area contributed by atoms with Crippen LogP contribution in [0.5, 0.6) is 5.75 Å². The second-order valence-corrected chi connectivity index (χ2v) is 7.06. The number of methoxy groups -OCH3 is 1. The predicted octanol–water partition coefficient (Wildman–Crippen LogP) is 3.22. The van der Waals surface area contributed by atoms with Gasteiger partial charge in [0.2, 0.25) is 0 Å². The Balaban J connectivity index is 2.01. The van der Waals surface area contributed by atoms with Gasteiger partial charge in [0.15, 0.2) is 6.29 Å². The number of benzene rings is 1. The first-order valence-electron chi connectivity index (χ1n) is 9.44. The highest BCUT2D eigenvalue weighted by Crippen LogP contribution is 2.34. The summed E-state index contributed by atoms with van der Waals surface area (Å²) in [4.78, 5) is 27.8. The molecular formula is C21H25NO7S2. The Morgan fingerprint density at radius 2 is 1.71 bits per heavy atom. The number of esters is 1. The zero-order valence-corrected chi connectivity index (χ0v) is 19.1. The fraction of sp³-hybridized carbons (Fsp3) is 0.381. The van der Waals surface area contributed by atoms with E-state index in [0.29, 0.717) is 62.1 Å². The molecule has 168 valence electrons. The van der Waals surface area contributed by atoms with E-state index in [-0.39, 0.29) is 11.4 Å². The van der Waals surface area contributed by atoms with Crippen molar-refractivity contribution in [3.63, 3.8) is 0 Å². The van der Waals surface area contributed by atoms with E-state index in [9.17, 15) is 9.59 Å². The average Bonchev–Trinajstić information content (AvgIpc) is 2.76. The lowest BCUT2D eigenvalue weighted by molar-refractivity contribution is 0.0293. The second-order valence-electron chi connectivity index (χ2n) is 6.32. The van der Waals surface area contributed by atoms with Crippen molar-refractivity contribution in [2.75, 3.05) is 46.8 Å². The lowest BCUT2D eigenvalue weighted by atomic mass is 9.99. The molecule has 0 saturated heterocycles. The van der Waals surface area contributed by atoms with Crippen molar-refractivity contribution in [1.29, 1.82) is 0 Å². The van der Waals surface area contributed by atoms with Gasteiger partial charge in [-0.2, -0.15) is 0 Å². The summed E-state index contributed by atoms with van der Waals surface area (Å²) in [7, 11) is 1.26. The van der Waals surface area contributed by atoms with E-state index in [1.165, 1.54) is 7.11 Å². The number of thiol groups is 2. The summed E-state index contributed by atoms with van der Waals surface area (Å²) in [6.07, 6.45) is 0.583. The predicted molar refractivity (Wildman–Crippen MR) is 120 cm³/mol. The monoisotopic (exact) mass is 467 g/mol. The molecule has 1 aromatic heterocycles. The fourth-order valence-electron chi connectivity index (χ4n) is 2.80. The van der Waals surface area contributed by atoms with Gasteiger partial charge in [-0.15, -0.1) is 12.6 Å². The second kappa shape index (κ2) is 13.3. The summed E-state index contributed by atoms with van der Waals surface area (Å²) in [6, 6.07) is 6.79. The SMILES string of the molecule is COC(=O)c1cc(-c2c(C)cc(OCCOCCOCCOS)cc2S)cc(C=O)n1. The average molecular weight is 468 g/mol. The molecule has 10 heteroatoms. The number of aryl methyl sites for hydroxylation is 1. The van der Waals surface area contributed by atoms with Crippen LogP contribution in [0.2, 0.25) is 0 Å². The van der Waals surface area contributed by atoms with Gasteiger partial charge in [-0.3, -0.25) is 4.79 Å². The summed E-state index contributed by atoms with van der Waals surface area (Å²) >= 11 is 8.20. The van der Waals surface area contributed by atoms with Gasteiger partial charge in [0, 0.05) is 4.90 Å². The van der Waals surface area contributed by atoms with Crippen LogP contribution >= 0.6 is 25.5 Å². The van der Waals surface area contributed by atoms with Crippen molar-refractivity contribution < 1.29 is 32.7 Å². The van der Waals surface area contributed by atoms with Crippen molar-refractivity contribution in [3.05, 3.63) is 41.2 Å². The van der Waals surface area contributed by atoms with Crippen LogP contribution < -0.4 is 4.74 Å². The van der Waals surface area contributed by atoms with Crippen molar-refractivity contribution >= 4 is 37.8 Å². The van der Waals surface area contributed by atoms with Crippen molar-refractivity contribution in [3.8, 4) is 16.9 Å². The van der Waals surface area contributed by atoms with E-state index in [4.69, 9.17) is 18.9 Å². The van der Waals surface area contributed by atoms with E-state index in [1.54, 1.807) is 18.2 Å². The highest BCUT2D eigenvalue weighted by atomic mass is 32.1. The standard InChI is InChI=1S/C21H25NO7S2/c1-14-9-17(28-7-5-26-3-4-27-6-8-29-31)12-19(30)20(14)15-10-16(13-23)22-18(11-15)21(24)25-2/h9-13,30-31H,3-8H2,1-2H3. The minimum atomic E-state index is -0.622. The van der Waals surface area contributed by atoms with Crippen LogP contribution in [0, 0.1) is 6.92 Å². The van der Waals surface area contributed by atoms with Gasteiger partial charge in [0.1, 0.15) is 23.7 Å². The van der Waals surface area contributed by atoms with E-state index >= 15 is 0 Å². The number of hydrogen-bond donors (Lipinski definition) is 2. The van der Waals surface area contributed by atoms with Crippen LogP contribution in [-0.2, 0) is 18.4 Å². The summed E-state index contributed by atoms with van der Waals surface area (Å²) in [6.45, 7) is 4.47. The Kier molecular flexibility index (Phi) is 10.8. The summed E-state index contributed by atoms with van der Waals surface area (Å²) < 4.78 is 25.8. The molecule has 0 N–H and O–H groups in total. The van der Waals surface area contributed by atoms with Crippen LogP contribution in [-0.4, -0.2) is 64.0 Å². The third-order valence-electron chi connectivity index (χ3n) is 4.12.